The maximum Gasteiger partial charge on any atom is 0.194 e. The van der Waals surface area contributed by atoms with Crippen molar-refractivity contribution in [3.63, 3.8) is 0 Å². The molecule has 1 aromatic rings. The molecule has 1 aliphatic rings. The number of halogens is 1. The van der Waals surface area contributed by atoms with Crippen LogP contribution in [0.4, 0.5) is 0 Å². The van der Waals surface area contributed by atoms with Crippen LogP contribution in [0.5, 0.6) is 11.5 Å². The van der Waals surface area contributed by atoms with Crippen molar-refractivity contribution in [3.8, 4) is 11.5 Å². The van der Waals surface area contributed by atoms with E-state index in [1.54, 1.807) is 7.11 Å². The standard InChI is InChI=1S/C21H36N4O2.HI/c1-6-22-21(24(4)16-18-10-9-13-25(18)7-2)23-15-17-11-12-19(26-5)20(14-17)27-8-3;/h11-12,14,18H,6-10,13,15-16H2,1-5H3,(H,22,23);1H. The van der Waals surface area contributed by atoms with Crippen molar-refractivity contribution in [3.05, 3.63) is 23.8 Å². The second-order valence-corrected chi connectivity index (χ2v) is 6.89. The third-order valence-electron chi connectivity index (χ3n) is 5.03. The molecular weight excluding hydrogens is 467 g/mol. The minimum atomic E-state index is 0. The summed E-state index contributed by atoms with van der Waals surface area (Å²) in [7, 11) is 3.80. The summed E-state index contributed by atoms with van der Waals surface area (Å²) in [6.07, 6.45) is 2.57. The molecule has 0 aliphatic carbocycles. The molecule has 1 unspecified atom stereocenters. The van der Waals surface area contributed by atoms with Gasteiger partial charge in [-0.15, -0.1) is 24.0 Å². The van der Waals surface area contributed by atoms with Gasteiger partial charge in [0, 0.05) is 26.2 Å². The lowest BCUT2D eigenvalue weighted by Gasteiger charge is -2.29. The van der Waals surface area contributed by atoms with E-state index >= 15 is 0 Å². The van der Waals surface area contributed by atoms with Crippen LogP contribution < -0.4 is 14.8 Å². The van der Waals surface area contributed by atoms with E-state index < -0.39 is 0 Å². The molecule has 1 fully saturated rings. The van der Waals surface area contributed by atoms with E-state index in [4.69, 9.17) is 14.5 Å². The predicted octanol–water partition coefficient (Wildman–Crippen LogP) is 3.59. The first-order valence-electron chi connectivity index (χ1n) is 10.2. The quantitative estimate of drug-likeness (QED) is 0.317. The summed E-state index contributed by atoms with van der Waals surface area (Å²) in [6.45, 7) is 11.8. The monoisotopic (exact) mass is 504 g/mol. The maximum absolute atomic E-state index is 5.68. The molecule has 0 amide bonds. The second-order valence-electron chi connectivity index (χ2n) is 6.89. The van der Waals surface area contributed by atoms with Gasteiger partial charge in [0.1, 0.15) is 0 Å². The maximum atomic E-state index is 5.68. The SMILES string of the molecule is CCNC(=NCc1ccc(OC)c(OCC)c1)N(C)CC1CCCN1CC.I. The van der Waals surface area contributed by atoms with Crippen molar-refractivity contribution in [2.45, 2.75) is 46.2 Å². The minimum absolute atomic E-state index is 0. The van der Waals surface area contributed by atoms with Crippen LogP contribution in [0.25, 0.3) is 0 Å². The smallest absolute Gasteiger partial charge is 0.194 e. The van der Waals surface area contributed by atoms with Gasteiger partial charge in [-0.2, -0.15) is 0 Å². The van der Waals surface area contributed by atoms with Gasteiger partial charge in [-0.05, 0) is 57.5 Å². The zero-order valence-electron chi connectivity index (χ0n) is 18.0. The molecule has 1 aromatic carbocycles. The molecular formula is C21H37IN4O2. The van der Waals surface area contributed by atoms with Gasteiger partial charge in [-0.25, -0.2) is 4.99 Å². The lowest BCUT2D eigenvalue weighted by atomic mass is 10.2. The highest BCUT2D eigenvalue weighted by Crippen LogP contribution is 2.28. The van der Waals surface area contributed by atoms with Crippen molar-refractivity contribution < 1.29 is 9.47 Å². The fourth-order valence-electron chi connectivity index (χ4n) is 3.64. The number of methoxy groups -OCH3 is 1. The lowest BCUT2D eigenvalue weighted by Crippen LogP contribution is -2.45. The number of hydrogen-bond acceptors (Lipinski definition) is 4. The largest absolute Gasteiger partial charge is 0.493 e. The Labute approximate surface area is 187 Å². The average Bonchev–Trinajstić information content (AvgIpc) is 3.12. The van der Waals surface area contributed by atoms with Crippen LogP contribution in [0.1, 0.15) is 39.2 Å². The minimum Gasteiger partial charge on any atom is -0.493 e. The summed E-state index contributed by atoms with van der Waals surface area (Å²) in [6, 6.07) is 6.63. The van der Waals surface area contributed by atoms with Gasteiger partial charge in [0.2, 0.25) is 0 Å². The molecule has 7 heteroatoms. The van der Waals surface area contributed by atoms with Crippen molar-refractivity contribution in [1.29, 1.82) is 0 Å². The highest BCUT2D eigenvalue weighted by Gasteiger charge is 2.24. The highest BCUT2D eigenvalue weighted by molar-refractivity contribution is 14.0. The molecule has 1 atom stereocenters. The predicted molar refractivity (Wildman–Crippen MR) is 127 cm³/mol. The Morgan fingerprint density at radius 2 is 2.07 bits per heavy atom. The molecule has 28 heavy (non-hydrogen) atoms. The summed E-state index contributed by atoms with van der Waals surface area (Å²) in [5, 5.41) is 3.42. The lowest BCUT2D eigenvalue weighted by molar-refractivity contribution is 0.232. The Kier molecular flexibility index (Phi) is 11.6. The summed E-state index contributed by atoms with van der Waals surface area (Å²) in [5.74, 6) is 2.49. The van der Waals surface area contributed by atoms with Gasteiger partial charge in [-0.3, -0.25) is 4.90 Å². The Hall–Kier alpha value is -1.22. The van der Waals surface area contributed by atoms with E-state index in [0.717, 1.165) is 42.7 Å². The molecule has 0 bridgehead atoms. The van der Waals surface area contributed by atoms with Crippen LogP contribution in [0, 0.1) is 0 Å². The molecule has 160 valence electrons. The van der Waals surface area contributed by atoms with Crippen LogP contribution in [-0.4, -0.2) is 68.7 Å². The average molecular weight is 504 g/mol. The van der Waals surface area contributed by atoms with Crippen molar-refractivity contribution in [2.24, 2.45) is 4.99 Å². The number of aliphatic imine (C=N–C) groups is 1. The molecule has 6 nitrogen and oxygen atoms in total. The number of nitrogens with one attached hydrogen (secondary N) is 1. The summed E-state index contributed by atoms with van der Waals surface area (Å²) in [5.41, 5.74) is 1.11. The molecule has 1 N–H and O–H groups in total. The van der Waals surface area contributed by atoms with Crippen LogP contribution in [-0.2, 0) is 6.54 Å². The van der Waals surface area contributed by atoms with Crippen LogP contribution in [0.15, 0.2) is 23.2 Å². The van der Waals surface area contributed by atoms with Gasteiger partial charge in [-0.1, -0.05) is 13.0 Å². The molecule has 0 radical (unpaired) electrons. The third kappa shape index (κ3) is 6.99. The van der Waals surface area contributed by atoms with E-state index in [1.165, 1.54) is 19.4 Å². The fourth-order valence-corrected chi connectivity index (χ4v) is 3.64. The van der Waals surface area contributed by atoms with Gasteiger partial charge < -0.3 is 19.7 Å². The normalized spacial score (nSPS) is 17.2. The van der Waals surface area contributed by atoms with Crippen molar-refractivity contribution >= 4 is 29.9 Å². The Bertz CT molecular complexity index is 612. The van der Waals surface area contributed by atoms with E-state index in [0.29, 0.717) is 19.2 Å². The third-order valence-corrected chi connectivity index (χ3v) is 5.03. The van der Waals surface area contributed by atoms with E-state index in [-0.39, 0.29) is 24.0 Å². The summed E-state index contributed by atoms with van der Waals surface area (Å²) < 4.78 is 11.0. The number of likely N-dealkylation sites (N-methyl/N-ethyl adjacent to an activating group) is 2. The van der Waals surface area contributed by atoms with Crippen LogP contribution >= 0.6 is 24.0 Å². The number of hydrogen-bond donors (Lipinski definition) is 1. The highest BCUT2D eigenvalue weighted by atomic mass is 127. The molecule has 1 aliphatic heterocycles. The molecule has 0 spiro atoms. The zero-order valence-corrected chi connectivity index (χ0v) is 20.4. The first-order valence-corrected chi connectivity index (χ1v) is 10.2. The van der Waals surface area contributed by atoms with Gasteiger partial charge in [0.15, 0.2) is 17.5 Å². The number of rotatable bonds is 9. The summed E-state index contributed by atoms with van der Waals surface area (Å²) >= 11 is 0. The topological polar surface area (TPSA) is 49.3 Å². The summed E-state index contributed by atoms with van der Waals surface area (Å²) in [4.78, 5) is 9.68. The fraction of sp³-hybridized carbons (Fsp3) is 0.667. The Balaban J connectivity index is 0.00000392. The molecule has 2 rings (SSSR count). The van der Waals surface area contributed by atoms with E-state index in [2.05, 4.69) is 36.0 Å². The van der Waals surface area contributed by atoms with Crippen LogP contribution in [0.3, 0.4) is 0 Å². The number of likely N-dealkylation sites (tertiary alicyclic amines) is 1. The number of nitrogens with zero attached hydrogens (tertiary/aromatic N) is 3. The Morgan fingerprint density at radius 3 is 2.71 bits per heavy atom. The molecule has 1 heterocycles. The first kappa shape index (κ1) is 24.8. The Morgan fingerprint density at radius 1 is 1.29 bits per heavy atom. The number of benzene rings is 1. The molecule has 0 aromatic heterocycles. The van der Waals surface area contributed by atoms with Crippen molar-refractivity contribution in [2.75, 3.05) is 46.9 Å². The van der Waals surface area contributed by atoms with Crippen molar-refractivity contribution in [1.82, 2.24) is 15.1 Å². The van der Waals surface area contributed by atoms with Gasteiger partial charge >= 0.3 is 0 Å². The van der Waals surface area contributed by atoms with Gasteiger partial charge in [0.25, 0.3) is 0 Å². The van der Waals surface area contributed by atoms with Crippen LogP contribution in [0.2, 0.25) is 0 Å². The second kappa shape index (κ2) is 13.1. The first-order chi connectivity index (χ1) is 13.1. The molecule has 0 saturated carbocycles. The van der Waals surface area contributed by atoms with Gasteiger partial charge in [0.05, 0.1) is 20.3 Å². The number of guanidine groups is 1. The van der Waals surface area contributed by atoms with E-state index in [1.807, 2.05) is 25.1 Å². The molecule has 1 saturated heterocycles. The number of ether oxygens (including phenoxy) is 2. The van der Waals surface area contributed by atoms with E-state index in [9.17, 15) is 0 Å². The zero-order chi connectivity index (χ0) is 19.6.